The zero-order chi connectivity index (χ0) is 8.27. The second-order valence-electron chi connectivity index (χ2n) is 3.89. The number of hydrogen-bond acceptors (Lipinski definition) is 1. The predicted molar refractivity (Wildman–Crippen MR) is 49.4 cm³/mol. The van der Waals surface area contributed by atoms with Crippen LogP contribution in [0, 0.1) is 5.92 Å². The van der Waals surface area contributed by atoms with Crippen molar-refractivity contribution in [2.75, 3.05) is 0 Å². The Balaban J connectivity index is 2.28. The Kier molecular flexibility index (Phi) is 2.98. The molecule has 1 fully saturated rings. The molecule has 1 saturated carbocycles. The Morgan fingerprint density at radius 3 is 2.73 bits per heavy atom. The zero-order valence-electron chi connectivity index (χ0n) is 7.69. The third-order valence-corrected chi connectivity index (χ3v) is 2.39. The number of hydrogen-bond donors (Lipinski definition) is 1. The van der Waals surface area contributed by atoms with Crippen molar-refractivity contribution in [2.45, 2.75) is 45.6 Å². The summed E-state index contributed by atoms with van der Waals surface area (Å²) in [5, 5.41) is 3.42. The van der Waals surface area contributed by atoms with Crippen LogP contribution in [0.3, 0.4) is 0 Å². The van der Waals surface area contributed by atoms with E-state index in [2.05, 4.69) is 18.8 Å². The van der Waals surface area contributed by atoms with Gasteiger partial charge in [-0.05, 0) is 25.7 Å². The van der Waals surface area contributed by atoms with Gasteiger partial charge in [0, 0.05) is 11.7 Å². The highest BCUT2D eigenvalue weighted by Crippen LogP contribution is 2.23. The molecule has 1 aliphatic rings. The van der Waals surface area contributed by atoms with Crippen molar-refractivity contribution < 1.29 is 0 Å². The van der Waals surface area contributed by atoms with Gasteiger partial charge in [-0.15, -0.1) is 0 Å². The van der Waals surface area contributed by atoms with Crippen LogP contribution in [0.5, 0.6) is 0 Å². The van der Waals surface area contributed by atoms with Gasteiger partial charge in [0.25, 0.3) is 0 Å². The average molecular weight is 153 g/mol. The standard InChI is InChI=1S/C10H19N/c1-8(2)11-10-6-4-5-9(3)7-10/h9-11H,1,4-7H2,2-3H3. The summed E-state index contributed by atoms with van der Waals surface area (Å²) in [4.78, 5) is 0. The normalized spacial score (nSPS) is 31.5. The van der Waals surface area contributed by atoms with E-state index >= 15 is 0 Å². The molecule has 0 aromatic rings. The van der Waals surface area contributed by atoms with E-state index in [0.29, 0.717) is 6.04 Å². The Morgan fingerprint density at radius 2 is 2.18 bits per heavy atom. The zero-order valence-corrected chi connectivity index (χ0v) is 7.69. The van der Waals surface area contributed by atoms with Crippen LogP contribution in [-0.2, 0) is 0 Å². The predicted octanol–water partition coefficient (Wildman–Crippen LogP) is 2.69. The Hall–Kier alpha value is -0.460. The number of allylic oxidation sites excluding steroid dienone is 1. The molecule has 0 radical (unpaired) electrons. The maximum atomic E-state index is 3.86. The SMILES string of the molecule is C=C(C)NC1CCCC(C)C1. The van der Waals surface area contributed by atoms with E-state index in [1.807, 2.05) is 6.92 Å². The topological polar surface area (TPSA) is 12.0 Å². The van der Waals surface area contributed by atoms with E-state index in [9.17, 15) is 0 Å². The largest absolute Gasteiger partial charge is 0.386 e. The lowest BCUT2D eigenvalue weighted by molar-refractivity contribution is 0.316. The van der Waals surface area contributed by atoms with Crippen molar-refractivity contribution in [2.24, 2.45) is 5.92 Å². The van der Waals surface area contributed by atoms with Gasteiger partial charge in [0.05, 0.1) is 0 Å². The molecule has 2 unspecified atom stereocenters. The van der Waals surface area contributed by atoms with E-state index < -0.39 is 0 Å². The van der Waals surface area contributed by atoms with Crippen molar-refractivity contribution in [1.29, 1.82) is 0 Å². The van der Waals surface area contributed by atoms with Gasteiger partial charge in [0.15, 0.2) is 0 Å². The molecule has 64 valence electrons. The minimum atomic E-state index is 0.705. The molecule has 0 aliphatic heterocycles. The van der Waals surface area contributed by atoms with Crippen LogP contribution in [0.2, 0.25) is 0 Å². The molecule has 1 aliphatic carbocycles. The van der Waals surface area contributed by atoms with Crippen molar-refractivity contribution in [1.82, 2.24) is 5.32 Å². The molecule has 1 nitrogen and oxygen atoms in total. The van der Waals surface area contributed by atoms with Crippen LogP contribution in [0.25, 0.3) is 0 Å². The van der Waals surface area contributed by atoms with Crippen LogP contribution in [0.4, 0.5) is 0 Å². The molecule has 2 atom stereocenters. The first kappa shape index (κ1) is 8.63. The first-order valence-corrected chi connectivity index (χ1v) is 4.60. The monoisotopic (exact) mass is 153 g/mol. The van der Waals surface area contributed by atoms with E-state index in [4.69, 9.17) is 0 Å². The molecule has 1 rings (SSSR count). The van der Waals surface area contributed by atoms with E-state index in [0.717, 1.165) is 11.6 Å². The van der Waals surface area contributed by atoms with Crippen LogP contribution >= 0.6 is 0 Å². The van der Waals surface area contributed by atoms with E-state index in [1.165, 1.54) is 25.7 Å². The third kappa shape index (κ3) is 2.96. The molecule has 11 heavy (non-hydrogen) atoms. The minimum absolute atomic E-state index is 0.705. The van der Waals surface area contributed by atoms with Gasteiger partial charge in [-0.25, -0.2) is 0 Å². The van der Waals surface area contributed by atoms with E-state index in [1.54, 1.807) is 0 Å². The molecular weight excluding hydrogens is 134 g/mol. The van der Waals surface area contributed by atoms with Gasteiger partial charge in [0.1, 0.15) is 0 Å². The second kappa shape index (κ2) is 3.80. The lowest BCUT2D eigenvalue weighted by atomic mass is 9.87. The summed E-state index contributed by atoms with van der Waals surface area (Å²) in [7, 11) is 0. The first-order valence-electron chi connectivity index (χ1n) is 4.60. The summed E-state index contributed by atoms with van der Waals surface area (Å²) in [5.41, 5.74) is 1.11. The summed E-state index contributed by atoms with van der Waals surface area (Å²) >= 11 is 0. The van der Waals surface area contributed by atoms with Gasteiger partial charge in [0.2, 0.25) is 0 Å². The summed E-state index contributed by atoms with van der Waals surface area (Å²) < 4.78 is 0. The Labute approximate surface area is 69.9 Å². The maximum Gasteiger partial charge on any atom is 0.0260 e. The van der Waals surface area contributed by atoms with Crippen molar-refractivity contribution in [3.05, 3.63) is 12.3 Å². The molecule has 0 saturated heterocycles. The maximum absolute atomic E-state index is 3.86. The van der Waals surface area contributed by atoms with Gasteiger partial charge >= 0.3 is 0 Å². The lowest BCUT2D eigenvalue weighted by Crippen LogP contribution is -2.31. The fraction of sp³-hybridized carbons (Fsp3) is 0.800. The smallest absolute Gasteiger partial charge is 0.0260 e. The summed E-state index contributed by atoms with van der Waals surface area (Å²) in [6.45, 7) is 8.24. The highest BCUT2D eigenvalue weighted by Gasteiger charge is 2.17. The molecule has 0 aromatic carbocycles. The summed E-state index contributed by atoms with van der Waals surface area (Å²) in [5.74, 6) is 0.903. The third-order valence-electron chi connectivity index (χ3n) is 2.39. The van der Waals surface area contributed by atoms with Crippen molar-refractivity contribution >= 4 is 0 Å². The second-order valence-corrected chi connectivity index (χ2v) is 3.89. The quantitative estimate of drug-likeness (QED) is 0.643. The van der Waals surface area contributed by atoms with Crippen LogP contribution in [-0.4, -0.2) is 6.04 Å². The molecule has 0 bridgehead atoms. The summed E-state index contributed by atoms with van der Waals surface area (Å²) in [6.07, 6.45) is 5.45. The Bertz CT molecular complexity index is 140. The van der Waals surface area contributed by atoms with Crippen LogP contribution < -0.4 is 5.32 Å². The molecule has 1 N–H and O–H groups in total. The molecule has 0 heterocycles. The van der Waals surface area contributed by atoms with Crippen LogP contribution in [0.15, 0.2) is 12.3 Å². The molecule has 0 amide bonds. The number of nitrogens with one attached hydrogen (secondary N) is 1. The van der Waals surface area contributed by atoms with Crippen molar-refractivity contribution in [3.8, 4) is 0 Å². The lowest BCUT2D eigenvalue weighted by Gasteiger charge is -2.28. The van der Waals surface area contributed by atoms with E-state index in [-0.39, 0.29) is 0 Å². The first-order chi connectivity index (χ1) is 5.18. The average Bonchev–Trinajstić information content (AvgIpc) is 1.85. The minimum Gasteiger partial charge on any atom is -0.386 e. The fourth-order valence-electron chi connectivity index (χ4n) is 1.91. The van der Waals surface area contributed by atoms with Gasteiger partial charge in [-0.2, -0.15) is 0 Å². The fourth-order valence-corrected chi connectivity index (χ4v) is 1.91. The van der Waals surface area contributed by atoms with Gasteiger partial charge in [-0.1, -0.05) is 26.3 Å². The van der Waals surface area contributed by atoms with Crippen LogP contribution in [0.1, 0.15) is 39.5 Å². The van der Waals surface area contributed by atoms with Crippen molar-refractivity contribution in [3.63, 3.8) is 0 Å². The Morgan fingerprint density at radius 1 is 1.45 bits per heavy atom. The molecular formula is C10H19N. The number of rotatable bonds is 2. The van der Waals surface area contributed by atoms with Gasteiger partial charge < -0.3 is 5.32 Å². The summed E-state index contributed by atoms with van der Waals surface area (Å²) in [6, 6.07) is 0.705. The highest BCUT2D eigenvalue weighted by molar-refractivity contribution is 4.90. The molecule has 0 aromatic heterocycles. The molecule has 1 heteroatoms. The van der Waals surface area contributed by atoms with Gasteiger partial charge in [-0.3, -0.25) is 0 Å². The highest BCUT2D eigenvalue weighted by atomic mass is 14.9. The molecule has 0 spiro atoms.